The van der Waals surface area contributed by atoms with Crippen molar-refractivity contribution in [1.29, 1.82) is 0 Å². The minimum Gasteiger partial charge on any atom is -0.496 e. The average molecular weight is 397 g/mol. The monoisotopic (exact) mass is 397 g/mol. The first-order chi connectivity index (χ1) is 14.0. The van der Waals surface area contributed by atoms with E-state index in [0.29, 0.717) is 24.5 Å². The Morgan fingerprint density at radius 1 is 1.31 bits per heavy atom. The lowest BCUT2D eigenvalue weighted by Crippen LogP contribution is -2.55. The van der Waals surface area contributed by atoms with E-state index < -0.39 is 17.4 Å². The number of methoxy groups -OCH3 is 1. The number of aliphatic imine (C=N–C) groups is 1. The van der Waals surface area contributed by atoms with Crippen molar-refractivity contribution < 1.29 is 18.7 Å². The summed E-state index contributed by atoms with van der Waals surface area (Å²) in [6.07, 6.45) is 5.30. The topological polar surface area (TPSA) is 96.8 Å². The van der Waals surface area contributed by atoms with Gasteiger partial charge in [0, 0.05) is 25.2 Å². The highest BCUT2D eigenvalue weighted by molar-refractivity contribution is 6.03. The van der Waals surface area contributed by atoms with E-state index in [2.05, 4.69) is 15.3 Å². The molecule has 9 heteroatoms. The molecule has 2 amide bonds. The van der Waals surface area contributed by atoms with Crippen molar-refractivity contribution >= 4 is 17.6 Å². The Bertz CT molecular complexity index is 981. The molecule has 1 atom stereocenters. The van der Waals surface area contributed by atoms with Gasteiger partial charge in [-0.15, -0.1) is 0 Å². The molecule has 2 aliphatic heterocycles. The van der Waals surface area contributed by atoms with Gasteiger partial charge in [-0.3, -0.25) is 9.59 Å². The van der Waals surface area contributed by atoms with E-state index in [0.717, 1.165) is 18.9 Å². The lowest BCUT2D eigenvalue weighted by Gasteiger charge is -2.40. The van der Waals surface area contributed by atoms with Gasteiger partial charge in [0.25, 0.3) is 5.91 Å². The molecule has 8 nitrogen and oxygen atoms in total. The molecule has 29 heavy (non-hydrogen) atoms. The largest absolute Gasteiger partial charge is 0.496 e. The lowest BCUT2D eigenvalue weighted by molar-refractivity contribution is -0.130. The van der Waals surface area contributed by atoms with E-state index in [1.807, 2.05) is 0 Å². The third-order valence-corrected chi connectivity index (χ3v) is 5.11. The van der Waals surface area contributed by atoms with Crippen LogP contribution in [0.5, 0.6) is 5.75 Å². The summed E-state index contributed by atoms with van der Waals surface area (Å²) in [5.74, 6) is -0.455. The average Bonchev–Trinajstić information content (AvgIpc) is 2.74. The number of fused-ring (bicyclic) bond motifs is 1. The van der Waals surface area contributed by atoms with E-state index in [1.54, 1.807) is 11.0 Å². The Kier molecular flexibility index (Phi) is 4.96. The first kappa shape index (κ1) is 19.0. The Hall–Kier alpha value is -3.36. The third-order valence-electron chi connectivity index (χ3n) is 5.11. The summed E-state index contributed by atoms with van der Waals surface area (Å²) in [7, 11) is 1.36. The van der Waals surface area contributed by atoms with Crippen LogP contribution in [0.1, 0.15) is 41.7 Å². The molecule has 1 unspecified atom stereocenters. The fourth-order valence-corrected chi connectivity index (χ4v) is 3.70. The molecule has 1 fully saturated rings. The predicted octanol–water partition coefficient (Wildman–Crippen LogP) is 2.02. The first-order valence-electron chi connectivity index (χ1n) is 9.34. The van der Waals surface area contributed by atoms with Gasteiger partial charge in [-0.25, -0.2) is 19.4 Å². The maximum atomic E-state index is 13.5. The fraction of sp³-hybridized carbons (Fsp3) is 0.350. The molecule has 1 saturated heterocycles. The van der Waals surface area contributed by atoms with Gasteiger partial charge in [0.2, 0.25) is 5.91 Å². The molecular weight excluding hydrogens is 377 g/mol. The van der Waals surface area contributed by atoms with Crippen molar-refractivity contribution in [2.24, 2.45) is 4.99 Å². The lowest BCUT2D eigenvalue weighted by atomic mass is 9.95. The summed E-state index contributed by atoms with van der Waals surface area (Å²) in [5.41, 5.74) is -0.811. The van der Waals surface area contributed by atoms with Crippen LogP contribution in [0.2, 0.25) is 0 Å². The second-order valence-corrected chi connectivity index (χ2v) is 6.96. The minimum atomic E-state index is -1.36. The minimum absolute atomic E-state index is 0.0667. The van der Waals surface area contributed by atoms with E-state index in [-0.39, 0.29) is 23.6 Å². The molecule has 0 aliphatic carbocycles. The summed E-state index contributed by atoms with van der Waals surface area (Å²) in [5, 5.41) is 2.86. The Morgan fingerprint density at radius 2 is 2.17 bits per heavy atom. The molecule has 0 spiro atoms. The summed E-state index contributed by atoms with van der Waals surface area (Å²) < 4.78 is 18.7. The van der Waals surface area contributed by atoms with Crippen LogP contribution in [0.25, 0.3) is 0 Å². The number of rotatable bonds is 4. The SMILES string of the molecule is COc1cc(F)ccc1C(=O)NC1(c2ccncn2)CC(=O)N2CCCCC2=N1. The molecule has 150 valence electrons. The molecular formula is C20H20FN5O3. The van der Waals surface area contributed by atoms with Crippen LogP contribution in [-0.4, -0.2) is 46.2 Å². The number of piperidine rings is 1. The van der Waals surface area contributed by atoms with Crippen LogP contribution in [0.3, 0.4) is 0 Å². The molecule has 2 aromatic rings. The number of carbonyl (C=O) groups excluding carboxylic acids is 2. The van der Waals surface area contributed by atoms with Gasteiger partial charge in [0.1, 0.15) is 23.7 Å². The zero-order valence-electron chi connectivity index (χ0n) is 15.9. The zero-order valence-corrected chi connectivity index (χ0v) is 15.9. The van der Waals surface area contributed by atoms with Crippen LogP contribution in [-0.2, 0) is 10.5 Å². The van der Waals surface area contributed by atoms with E-state index in [9.17, 15) is 14.0 Å². The molecule has 1 aromatic carbocycles. The quantitative estimate of drug-likeness (QED) is 0.851. The second-order valence-electron chi connectivity index (χ2n) is 6.96. The van der Waals surface area contributed by atoms with Crippen molar-refractivity contribution in [2.45, 2.75) is 31.3 Å². The van der Waals surface area contributed by atoms with Gasteiger partial charge in [-0.1, -0.05) is 0 Å². The Labute approximate surface area is 166 Å². The zero-order chi connectivity index (χ0) is 20.4. The second kappa shape index (κ2) is 7.57. The van der Waals surface area contributed by atoms with Crippen LogP contribution < -0.4 is 10.1 Å². The molecule has 4 rings (SSSR count). The number of benzene rings is 1. The van der Waals surface area contributed by atoms with E-state index in [4.69, 9.17) is 9.73 Å². The summed E-state index contributed by atoms with van der Waals surface area (Å²) in [4.78, 5) is 40.6. The fourth-order valence-electron chi connectivity index (χ4n) is 3.70. The number of amidine groups is 1. The molecule has 3 heterocycles. The van der Waals surface area contributed by atoms with Gasteiger partial charge < -0.3 is 15.0 Å². The highest BCUT2D eigenvalue weighted by atomic mass is 19.1. The number of hydrogen-bond acceptors (Lipinski definition) is 6. The summed E-state index contributed by atoms with van der Waals surface area (Å²) >= 11 is 0. The van der Waals surface area contributed by atoms with Gasteiger partial charge in [-0.05, 0) is 31.0 Å². The van der Waals surface area contributed by atoms with Crippen LogP contribution in [0, 0.1) is 5.82 Å². The number of ether oxygens (including phenoxy) is 1. The standard InChI is InChI=1S/C20H20FN5O3/c1-29-15-10-13(21)5-6-14(15)19(28)25-20(16-7-8-22-12-23-16)11-18(27)26-9-3-2-4-17(26)24-20/h5-8,10,12H,2-4,9,11H2,1H3,(H,25,28). The molecule has 0 bridgehead atoms. The third kappa shape index (κ3) is 3.55. The van der Waals surface area contributed by atoms with Gasteiger partial charge in [0.15, 0.2) is 5.66 Å². The summed E-state index contributed by atoms with van der Waals surface area (Å²) in [6, 6.07) is 5.27. The van der Waals surface area contributed by atoms with Crippen LogP contribution in [0.4, 0.5) is 4.39 Å². The number of nitrogens with zero attached hydrogens (tertiary/aromatic N) is 4. The van der Waals surface area contributed by atoms with Crippen LogP contribution in [0.15, 0.2) is 41.8 Å². The molecule has 0 radical (unpaired) electrons. The van der Waals surface area contributed by atoms with Crippen molar-refractivity contribution in [3.05, 3.63) is 53.9 Å². The highest BCUT2D eigenvalue weighted by Crippen LogP contribution is 2.34. The number of carbonyl (C=O) groups is 2. The first-order valence-corrected chi connectivity index (χ1v) is 9.34. The van der Waals surface area contributed by atoms with Crippen molar-refractivity contribution in [3.63, 3.8) is 0 Å². The number of amides is 2. The Morgan fingerprint density at radius 3 is 2.93 bits per heavy atom. The maximum Gasteiger partial charge on any atom is 0.257 e. The smallest absolute Gasteiger partial charge is 0.257 e. The number of hydrogen-bond donors (Lipinski definition) is 1. The van der Waals surface area contributed by atoms with Crippen molar-refractivity contribution in [3.8, 4) is 5.75 Å². The number of halogens is 1. The molecule has 2 aliphatic rings. The van der Waals surface area contributed by atoms with Gasteiger partial charge in [0.05, 0.1) is 24.8 Å². The normalized spacial score (nSPS) is 21.2. The molecule has 1 N–H and O–H groups in total. The maximum absolute atomic E-state index is 13.5. The number of aromatic nitrogens is 2. The van der Waals surface area contributed by atoms with Crippen molar-refractivity contribution in [1.82, 2.24) is 20.2 Å². The summed E-state index contributed by atoms with van der Waals surface area (Å²) in [6.45, 7) is 0.622. The van der Waals surface area contributed by atoms with Gasteiger partial charge in [-0.2, -0.15) is 0 Å². The van der Waals surface area contributed by atoms with Crippen molar-refractivity contribution in [2.75, 3.05) is 13.7 Å². The highest BCUT2D eigenvalue weighted by Gasteiger charge is 2.44. The van der Waals surface area contributed by atoms with Crippen LogP contribution >= 0.6 is 0 Å². The van der Waals surface area contributed by atoms with E-state index >= 15 is 0 Å². The number of nitrogens with one attached hydrogen (secondary N) is 1. The Balaban J connectivity index is 1.77. The van der Waals surface area contributed by atoms with E-state index in [1.165, 1.54) is 31.8 Å². The molecule has 0 saturated carbocycles. The van der Waals surface area contributed by atoms with Gasteiger partial charge >= 0.3 is 0 Å². The predicted molar refractivity (Wildman–Crippen MR) is 102 cm³/mol. The molecule has 1 aromatic heterocycles.